The average Bonchev–Trinajstić information content (AvgIpc) is 1.94. The summed E-state index contributed by atoms with van der Waals surface area (Å²) in [5.74, 6) is 0.514. The molecule has 0 bridgehead atoms. The summed E-state index contributed by atoms with van der Waals surface area (Å²) in [4.78, 5) is 15.8. The van der Waals surface area contributed by atoms with E-state index in [-0.39, 0.29) is 17.4 Å². The number of nitrogens with zero attached hydrogens (tertiary/aromatic N) is 2. The first-order chi connectivity index (χ1) is 5.82. The SMILES string of the molecule is CN1CC(C(=O)N(C)C(C)(C)C)C1. The number of amides is 1. The van der Waals surface area contributed by atoms with Crippen molar-refractivity contribution in [3.8, 4) is 0 Å². The third-order valence-electron chi connectivity index (χ3n) is 2.75. The number of likely N-dealkylation sites (tertiary alicyclic amines) is 1. The predicted molar refractivity (Wildman–Crippen MR) is 53.5 cm³/mol. The van der Waals surface area contributed by atoms with Gasteiger partial charge < -0.3 is 9.80 Å². The highest BCUT2D eigenvalue weighted by atomic mass is 16.2. The number of hydrogen-bond donors (Lipinski definition) is 0. The maximum absolute atomic E-state index is 11.8. The lowest BCUT2D eigenvalue weighted by atomic mass is 9.96. The van der Waals surface area contributed by atoms with Gasteiger partial charge in [-0.2, -0.15) is 0 Å². The van der Waals surface area contributed by atoms with Crippen LogP contribution in [0.3, 0.4) is 0 Å². The van der Waals surface area contributed by atoms with Crippen LogP contribution >= 0.6 is 0 Å². The second-order valence-corrected chi connectivity index (χ2v) is 4.99. The van der Waals surface area contributed by atoms with Crippen molar-refractivity contribution >= 4 is 5.91 Å². The minimum atomic E-state index is -0.0504. The van der Waals surface area contributed by atoms with Crippen LogP contribution in [0.4, 0.5) is 0 Å². The van der Waals surface area contributed by atoms with Crippen molar-refractivity contribution in [2.24, 2.45) is 5.92 Å². The van der Waals surface area contributed by atoms with Gasteiger partial charge in [0.15, 0.2) is 0 Å². The van der Waals surface area contributed by atoms with Crippen LogP contribution in [-0.2, 0) is 4.79 Å². The third kappa shape index (κ3) is 2.21. The van der Waals surface area contributed by atoms with Gasteiger partial charge in [-0.25, -0.2) is 0 Å². The minimum absolute atomic E-state index is 0.0504. The van der Waals surface area contributed by atoms with E-state index in [9.17, 15) is 4.79 Å². The largest absolute Gasteiger partial charge is 0.341 e. The molecule has 13 heavy (non-hydrogen) atoms. The molecule has 0 saturated carbocycles. The fraction of sp³-hybridized carbons (Fsp3) is 0.900. The molecule has 0 aromatic carbocycles. The maximum atomic E-state index is 11.8. The van der Waals surface area contributed by atoms with Gasteiger partial charge in [-0.05, 0) is 27.8 Å². The summed E-state index contributed by atoms with van der Waals surface area (Å²) in [7, 11) is 3.93. The Morgan fingerprint density at radius 3 is 2.15 bits per heavy atom. The zero-order valence-corrected chi connectivity index (χ0v) is 9.29. The second-order valence-electron chi connectivity index (χ2n) is 4.99. The first kappa shape index (κ1) is 10.5. The molecule has 0 unspecified atom stereocenters. The molecule has 3 heteroatoms. The van der Waals surface area contributed by atoms with Crippen molar-refractivity contribution in [1.82, 2.24) is 9.80 Å². The Morgan fingerprint density at radius 2 is 1.85 bits per heavy atom. The summed E-state index contributed by atoms with van der Waals surface area (Å²) < 4.78 is 0. The molecule has 1 amide bonds. The lowest BCUT2D eigenvalue weighted by molar-refractivity contribution is -0.143. The summed E-state index contributed by atoms with van der Waals surface area (Å²) in [6.07, 6.45) is 0. The summed E-state index contributed by atoms with van der Waals surface area (Å²) in [5, 5.41) is 0. The van der Waals surface area contributed by atoms with E-state index >= 15 is 0 Å². The van der Waals surface area contributed by atoms with Crippen LogP contribution in [0.1, 0.15) is 20.8 Å². The predicted octanol–water partition coefficient (Wildman–Crippen LogP) is 0.805. The Labute approximate surface area is 80.7 Å². The quantitative estimate of drug-likeness (QED) is 0.602. The first-order valence-electron chi connectivity index (χ1n) is 4.78. The van der Waals surface area contributed by atoms with Gasteiger partial charge in [-0.15, -0.1) is 0 Å². The van der Waals surface area contributed by atoms with Gasteiger partial charge in [-0.1, -0.05) is 0 Å². The Hall–Kier alpha value is -0.570. The smallest absolute Gasteiger partial charge is 0.228 e. The highest BCUT2D eigenvalue weighted by Crippen LogP contribution is 2.20. The molecule has 1 rings (SSSR count). The van der Waals surface area contributed by atoms with Crippen LogP contribution in [0.2, 0.25) is 0 Å². The number of carbonyl (C=O) groups excluding carboxylic acids is 1. The lowest BCUT2D eigenvalue weighted by Crippen LogP contribution is -2.55. The van der Waals surface area contributed by atoms with Gasteiger partial charge in [0, 0.05) is 25.7 Å². The molecule has 0 aliphatic carbocycles. The van der Waals surface area contributed by atoms with E-state index in [0.717, 1.165) is 13.1 Å². The average molecular weight is 184 g/mol. The van der Waals surface area contributed by atoms with Crippen molar-refractivity contribution in [3.05, 3.63) is 0 Å². The molecule has 0 radical (unpaired) electrons. The summed E-state index contributed by atoms with van der Waals surface area (Å²) in [6, 6.07) is 0. The van der Waals surface area contributed by atoms with E-state index in [1.165, 1.54) is 0 Å². The highest BCUT2D eigenvalue weighted by Gasteiger charge is 2.35. The molecule has 0 N–H and O–H groups in total. The number of carbonyl (C=O) groups is 1. The van der Waals surface area contributed by atoms with Crippen LogP contribution in [0.15, 0.2) is 0 Å². The van der Waals surface area contributed by atoms with Crippen molar-refractivity contribution in [1.29, 1.82) is 0 Å². The molecule has 1 aliphatic rings. The summed E-state index contributed by atoms with van der Waals surface area (Å²) >= 11 is 0. The van der Waals surface area contributed by atoms with Gasteiger partial charge in [-0.3, -0.25) is 4.79 Å². The Bertz CT molecular complexity index is 201. The van der Waals surface area contributed by atoms with Gasteiger partial charge in [0.1, 0.15) is 0 Å². The normalized spacial score (nSPS) is 19.8. The zero-order valence-electron chi connectivity index (χ0n) is 9.29. The second kappa shape index (κ2) is 3.29. The molecule has 0 spiro atoms. The van der Waals surface area contributed by atoms with Gasteiger partial charge in [0.25, 0.3) is 0 Å². The molecule has 1 fully saturated rings. The van der Waals surface area contributed by atoms with Crippen LogP contribution in [0.25, 0.3) is 0 Å². The molecule has 3 nitrogen and oxygen atoms in total. The monoisotopic (exact) mass is 184 g/mol. The summed E-state index contributed by atoms with van der Waals surface area (Å²) in [5.41, 5.74) is -0.0504. The van der Waals surface area contributed by atoms with Gasteiger partial charge in [0.2, 0.25) is 5.91 Å². The first-order valence-corrected chi connectivity index (χ1v) is 4.78. The lowest BCUT2D eigenvalue weighted by Gasteiger charge is -2.41. The minimum Gasteiger partial charge on any atom is -0.341 e. The fourth-order valence-corrected chi connectivity index (χ4v) is 1.46. The van der Waals surface area contributed by atoms with E-state index in [2.05, 4.69) is 25.7 Å². The molecule has 0 aromatic rings. The fourth-order valence-electron chi connectivity index (χ4n) is 1.46. The van der Waals surface area contributed by atoms with Gasteiger partial charge >= 0.3 is 0 Å². The molecule has 76 valence electrons. The van der Waals surface area contributed by atoms with E-state index in [4.69, 9.17) is 0 Å². The maximum Gasteiger partial charge on any atom is 0.228 e. The molecule has 1 heterocycles. The standard InChI is InChI=1S/C10H20N2O/c1-10(2,3)12(5)9(13)8-6-11(4)7-8/h8H,6-7H2,1-5H3. The number of rotatable bonds is 1. The van der Waals surface area contributed by atoms with Crippen LogP contribution < -0.4 is 0 Å². The molecule has 1 aliphatic heterocycles. The topological polar surface area (TPSA) is 23.6 Å². The third-order valence-corrected chi connectivity index (χ3v) is 2.75. The van der Waals surface area contributed by atoms with Crippen molar-refractivity contribution in [3.63, 3.8) is 0 Å². The molecular formula is C10H20N2O. The van der Waals surface area contributed by atoms with Crippen molar-refractivity contribution in [2.75, 3.05) is 27.2 Å². The Balaban J connectivity index is 2.49. The van der Waals surface area contributed by atoms with Crippen LogP contribution in [0, 0.1) is 5.92 Å². The van der Waals surface area contributed by atoms with E-state index < -0.39 is 0 Å². The van der Waals surface area contributed by atoms with E-state index in [1.807, 2.05) is 19.0 Å². The van der Waals surface area contributed by atoms with Crippen LogP contribution in [-0.4, -0.2) is 48.4 Å². The van der Waals surface area contributed by atoms with Crippen molar-refractivity contribution < 1.29 is 4.79 Å². The van der Waals surface area contributed by atoms with E-state index in [1.54, 1.807) is 0 Å². The zero-order chi connectivity index (χ0) is 10.2. The molecule has 1 saturated heterocycles. The summed E-state index contributed by atoms with van der Waals surface area (Å²) in [6.45, 7) is 8.02. The van der Waals surface area contributed by atoms with Crippen LogP contribution in [0.5, 0.6) is 0 Å². The Morgan fingerprint density at radius 1 is 1.38 bits per heavy atom. The highest BCUT2D eigenvalue weighted by molar-refractivity contribution is 5.80. The van der Waals surface area contributed by atoms with Gasteiger partial charge in [0.05, 0.1) is 5.92 Å². The Kier molecular flexibility index (Phi) is 2.66. The van der Waals surface area contributed by atoms with E-state index in [0.29, 0.717) is 0 Å². The molecule has 0 atom stereocenters. The number of hydrogen-bond acceptors (Lipinski definition) is 2. The molecule has 0 aromatic heterocycles. The van der Waals surface area contributed by atoms with Crippen molar-refractivity contribution in [2.45, 2.75) is 26.3 Å². The molecular weight excluding hydrogens is 164 g/mol.